The number of hydrogen-bond acceptors (Lipinski definition) is 3. The first-order valence-electron chi connectivity index (χ1n) is 4.44. The van der Waals surface area contributed by atoms with E-state index < -0.39 is 12.0 Å². The normalized spacial score (nSPS) is 12.6. The van der Waals surface area contributed by atoms with Gasteiger partial charge in [-0.1, -0.05) is 0 Å². The molecule has 0 aliphatic rings. The zero-order chi connectivity index (χ0) is 12.3. The third-order valence-corrected chi connectivity index (χ3v) is 2.07. The predicted molar refractivity (Wildman–Crippen MR) is 57.1 cm³/mol. The number of carbonyl (C=O) groups excluding carboxylic acids is 1. The van der Waals surface area contributed by atoms with Crippen molar-refractivity contribution in [2.45, 2.75) is 18.9 Å². The Morgan fingerprint density at radius 2 is 2.12 bits per heavy atom. The molecule has 88 valence electrons. The number of Topliss-reactive ketones (excluding diaryl/α,β-unsaturated/α-hetero) is 1. The van der Waals surface area contributed by atoms with Gasteiger partial charge in [-0.2, -0.15) is 8.78 Å². The van der Waals surface area contributed by atoms with Crippen molar-refractivity contribution >= 4 is 23.1 Å². The quantitative estimate of drug-likeness (QED) is 0.507. The lowest BCUT2D eigenvalue weighted by Gasteiger charge is -2.09. The number of alkyl halides is 3. The SMILES string of the molecule is CC(Cl)C(=O)c1ccc(OC(F)F)cc1N. The molecule has 0 aliphatic carbocycles. The van der Waals surface area contributed by atoms with Gasteiger partial charge in [-0.05, 0) is 19.1 Å². The van der Waals surface area contributed by atoms with Crippen LogP contribution in [0.4, 0.5) is 14.5 Å². The van der Waals surface area contributed by atoms with Crippen molar-refractivity contribution in [2.24, 2.45) is 0 Å². The Bertz CT molecular complexity index is 396. The van der Waals surface area contributed by atoms with E-state index in [9.17, 15) is 13.6 Å². The Labute approximate surface area is 96.1 Å². The van der Waals surface area contributed by atoms with E-state index in [1.54, 1.807) is 0 Å². The molecule has 0 radical (unpaired) electrons. The average Bonchev–Trinajstić information content (AvgIpc) is 2.15. The van der Waals surface area contributed by atoms with Gasteiger partial charge in [0.15, 0.2) is 5.78 Å². The summed E-state index contributed by atoms with van der Waals surface area (Å²) in [6, 6.07) is 3.72. The number of hydrogen-bond donors (Lipinski definition) is 1. The van der Waals surface area contributed by atoms with Crippen LogP contribution in [0.15, 0.2) is 18.2 Å². The third kappa shape index (κ3) is 3.06. The van der Waals surface area contributed by atoms with Crippen LogP contribution in [0.3, 0.4) is 0 Å². The summed E-state index contributed by atoms with van der Waals surface area (Å²) in [5, 5.41) is -0.718. The number of halogens is 3. The Morgan fingerprint density at radius 1 is 1.50 bits per heavy atom. The van der Waals surface area contributed by atoms with E-state index in [2.05, 4.69) is 4.74 Å². The molecule has 16 heavy (non-hydrogen) atoms. The number of nitrogens with two attached hydrogens (primary N) is 1. The van der Waals surface area contributed by atoms with E-state index in [0.29, 0.717) is 0 Å². The largest absolute Gasteiger partial charge is 0.435 e. The highest BCUT2D eigenvalue weighted by molar-refractivity contribution is 6.34. The second-order valence-corrected chi connectivity index (χ2v) is 3.76. The smallest absolute Gasteiger partial charge is 0.387 e. The molecule has 0 aliphatic heterocycles. The van der Waals surface area contributed by atoms with Crippen LogP contribution in [-0.4, -0.2) is 17.8 Å². The summed E-state index contributed by atoms with van der Waals surface area (Å²) in [5.41, 5.74) is 5.80. The van der Waals surface area contributed by atoms with E-state index in [0.717, 1.165) is 0 Å². The predicted octanol–water partition coefficient (Wildman–Crippen LogP) is 2.68. The fourth-order valence-electron chi connectivity index (χ4n) is 1.16. The standard InChI is InChI=1S/C10H10ClF2NO2/c1-5(11)9(15)7-3-2-6(4-8(7)14)16-10(12)13/h2-5,10H,14H2,1H3. The second-order valence-electron chi connectivity index (χ2n) is 3.11. The van der Waals surface area contributed by atoms with Gasteiger partial charge in [0, 0.05) is 17.3 Å². The molecule has 0 aromatic heterocycles. The molecule has 0 heterocycles. The van der Waals surface area contributed by atoms with Crippen LogP contribution in [-0.2, 0) is 0 Å². The molecular weight excluding hydrogens is 240 g/mol. The minimum atomic E-state index is -2.92. The lowest BCUT2D eigenvalue weighted by molar-refractivity contribution is -0.0497. The van der Waals surface area contributed by atoms with Gasteiger partial charge < -0.3 is 10.5 Å². The molecule has 1 unspecified atom stereocenters. The van der Waals surface area contributed by atoms with E-state index in [1.165, 1.54) is 25.1 Å². The molecule has 1 aromatic carbocycles. The summed E-state index contributed by atoms with van der Waals surface area (Å²) in [7, 11) is 0. The number of carbonyl (C=O) groups is 1. The lowest BCUT2D eigenvalue weighted by Crippen LogP contribution is -2.13. The number of anilines is 1. The monoisotopic (exact) mass is 249 g/mol. The summed E-state index contributed by atoms with van der Waals surface area (Å²) in [4.78, 5) is 11.5. The Morgan fingerprint density at radius 3 is 2.56 bits per heavy atom. The fraction of sp³-hybridized carbons (Fsp3) is 0.300. The number of nitrogen functional groups attached to an aromatic ring is 1. The summed E-state index contributed by atoms with van der Waals surface area (Å²) < 4.78 is 27.9. The lowest BCUT2D eigenvalue weighted by atomic mass is 10.1. The van der Waals surface area contributed by atoms with Crippen molar-refractivity contribution in [2.75, 3.05) is 5.73 Å². The van der Waals surface area contributed by atoms with Crippen molar-refractivity contribution in [3.05, 3.63) is 23.8 Å². The van der Waals surface area contributed by atoms with Gasteiger partial charge in [0.2, 0.25) is 0 Å². The van der Waals surface area contributed by atoms with Crippen LogP contribution in [0.2, 0.25) is 0 Å². The average molecular weight is 250 g/mol. The second kappa shape index (κ2) is 5.12. The molecule has 1 atom stereocenters. The van der Waals surface area contributed by atoms with Crippen molar-refractivity contribution in [3.8, 4) is 5.75 Å². The fourth-order valence-corrected chi connectivity index (χ4v) is 1.27. The Balaban J connectivity index is 2.96. The van der Waals surface area contributed by atoms with Crippen LogP contribution >= 0.6 is 11.6 Å². The summed E-state index contributed by atoms with van der Waals surface area (Å²) in [6.45, 7) is -1.42. The molecule has 6 heteroatoms. The van der Waals surface area contributed by atoms with Crippen LogP contribution in [0.25, 0.3) is 0 Å². The van der Waals surface area contributed by atoms with Gasteiger partial charge >= 0.3 is 6.61 Å². The van der Waals surface area contributed by atoms with Gasteiger partial charge in [-0.25, -0.2) is 0 Å². The molecule has 0 fully saturated rings. The van der Waals surface area contributed by atoms with Crippen molar-refractivity contribution in [1.82, 2.24) is 0 Å². The highest BCUT2D eigenvalue weighted by Crippen LogP contribution is 2.23. The maximum atomic E-state index is 11.9. The van der Waals surface area contributed by atoms with Gasteiger partial charge in [0.1, 0.15) is 5.75 Å². The number of ketones is 1. The van der Waals surface area contributed by atoms with E-state index >= 15 is 0 Å². The first kappa shape index (κ1) is 12.7. The first-order valence-corrected chi connectivity index (χ1v) is 4.88. The van der Waals surface area contributed by atoms with Crippen LogP contribution < -0.4 is 10.5 Å². The van der Waals surface area contributed by atoms with Crippen molar-refractivity contribution in [1.29, 1.82) is 0 Å². The molecular formula is C10H10ClF2NO2. The molecule has 1 rings (SSSR count). The molecule has 0 spiro atoms. The molecule has 0 saturated carbocycles. The molecule has 1 aromatic rings. The maximum Gasteiger partial charge on any atom is 0.387 e. The zero-order valence-corrected chi connectivity index (χ0v) is 9.17. The summed E-state index contributed by atoms with van der Waals surface area (Å²) >= 11 is 5.60. The van der Waals surface area contributed by atoms with E-state index in [-0.39, 0.29) is 22.8 Å². The maximum absolute atomic E-state index is 11.9. The molecule has 3 nitrogen and oxygen atoms in total. The zero-order valence-electron chi connectivity index (χ0n) is 8.41. The van der Waals surface area contributed by atoms with Gasteiger partial charge in [-0.15, -0.1) is 11.6 Å². The summed E-state index contributed by atoms with van der Waals surface area (Å²) in [5.74, 6) is -0.450. The highest BCUT2D eigenvalue weighted by atomic mass is 35.5. The summed E-state index contributed by atoms with van der Waals surface area (Å²) in [6.07, 6.45) is 0. The number of ether oxygens (including phenoxy) is 1. The van der Waals surface area contributed by atoms with Crippen molar-refractivity contribution in [3.63, 3.8) is 0 Å². The number of rotatable bonds is 4. The minimum absolute atomic E-state index is 0.0654. The van der Waals surface area contributed by atoms with Gasteiger partial charge in [0.05, 0.1) is 5.38 Å². The first-order chi connectivity index (χ1) is 7.41. The highest BCUT2D eigenvalue weighted by Gasteiger charge is 2.16. The van der Waals surface area contributed by atoms with Crippen LogP contribution in [0.1, 0.15) is 17.3 Å². The molecule has 2 N–H and O–H groups in total. The Kier molecular flexibility index (Phi) is 4.06. The Hall–Kier alpha value is -1.36. The molecule has 0 saturated heterocycles. The van der Waals surface area contributed by atoms with Gasteiger partial charge in [0.25, 0.3) is 0 Å². The number of benzene rings is 1. The van der Waals surface area contributed by atoms with Crippen LogP contribution in [0, 0.1) is 0 Å². The molecule has 0 bridgehead atoms. The van der Waals surface area contributed by atoms with E-state index in [4.69, 9.17) is 17.3 Å². The molecule has 0 amide bonds. The third-order valence-electron chi connectivity index (χ3n) is 1.87. The minimum Gasteiger partial charge on any atom is -0.435 e. The topological polar surface area (TPSA) is 52.3 Å². The van der Waals surface area contributed by atoms with Crippen LogP contribution in [0.5, 0.6) is 5.75 Å². The van der Waals surface area contributed by atoms with E-state index in [1.807, 2.05) is 0 Å². The van der Waals surface area contributed by atoms with Gasteiger partial charge in [-0.3, -0.25) is 4.79 Å². The van der Waals surface area contributed by atoms with Crippen molar-refractivity contribution < 1.29 is 18.3 Å².